The summed E-state index contributed by atoms with van der Waals surface area (Å²) >= 11 is 9.68. The highest BCUT2D eigenvalue weighted by atomic mass is 79.9. The predicted molar refractivity (Wildman–Crippen MR) is 90.5 cm³/mol. The number of nitrogens with one attached hydrogen (secondary N) is 1. The van der Waals surface area contributed by atoms with Gasteiger partial charge in [0.1, 0.15) is 0 Å². The molecule has 1 atom stereocenters. The van der Waals surface area contributed by atoms with Crippen molar-refractivity contribution in [3.05, 3.63) is 68.7 Å². The van der Waals surface area contributed by atoms with Crippen LogP contribution in [0.1, 0.15) is 36.1 Å². The Morgan fingerprint density at radius 3 is 2.65 bits per heavy atom. The van der Waals surface area contributed by atoms with Crippen LogP contribution in [-0.2, 0) is 0 Å². The van der Waals surface area contributed by atoms with Gasteiger partial charge in [0.15, 0.2) is 0 Å². The van der Waals surface area contributed by atoms with Crippen molar-refractivity contribution >= 4 is 27.5 Å². The lowest BCUT2D eigenvalue weighted by Gasteiger charge is -2.21. The van der Waals surface area contributed by atoms with Crippen LogP contribution >= 0.6 is 27.5 Å². The van der Waals surface area contributed by atoms with Crippen LogP contribution in [0.5, 0.6) is 0 Å². The normalized spacial score (nSPS) is 12.4. The molecule has 0 fully saturated rings. The molecule has 0 aliphatic heterocycles. The molecule has 20 heavy (non-hydrogen) atoms. The third kappa shape index (κ3) is 3.85. The first kappa shape index (κ1) is 15.6. The maximum absolute atomic E-state index is 6.05. The van der Waals surface area contributed by atoms with Crippen LogP contribution in [0.15, 0.2) is 46.9 Å². The van der Waals surface area contributed by atoms with E-state index in [0.29, 0.717) is 0 Å². The molecule has 2 aromatic rings. The summed E-state index contributed by atoms with van der Waals surface area (Å²) < 4.78 is 1.04. The van der Waals surface area contributed by atoms with Crippen molar-refractivity contribution in [1.82, 2.24) is 5.32 Å². The largest absolute Gasteiger partial charge is 0.306 e. The highest BCUT2D eigenvalue weighted by Gasteiger charge is 2.16. The van der Waals surface area contributed by atoms with Crippen LogP contribution in [-0.4, -0.2) is 6.54 Å². The molecule has 2 aromatic carbocycles. The van der Waals surface area contributed by atoms with Gasteiger partial charge in [-0.2, -0.15) is 0 Å². The van der Waals surface area contributed by atoms with Gasteiger partial charge in [0.05, 0.1) is 6.04 Å². The summed E-state index contributed by atoms with van der Waals surface area (Å²) in [5, 5.41) is 4.37. The first-order valence-corrected chi connectivity index (χ1v) is 8.04. The maximum Gasteiger partial charge on any atom is 0.0587 e. The van der Waals surface area contributed by atoms with E-state index in [1.54, 1.807) is 0 Å². The SMILES string of the molecule is CCCNC(c1cccc(C)c1)c1ccc(Cl)cc1Br. The Bertz CT molecular complexity index is 583. The Hall–Kier alpha value is -0.830. The van der Waals surface area contributed by atoms with Gasteiger partial charge in [-0.3, -0.25) is 0 Å². The number of hydrogen-bond acceptors (Lipinski definition) is 1. The van der Waals surface area contributed by atoms with E-state index < -0.39 is 0 Å². The molecule has 106 valence electrons. The van der Waals surface area contributed by atoms with Gasteiger partial charge in [-0.15, -0.1) is 0 Å². The van der Waals surface area contributed by atoms with Crippen LogP contribution in [0.4, 0.5) is 0 Å². The second-order valence-corrected chi connectivity index (χ2v) is 6.26. The molecule has 0 saturated heterocycles. The Morgan fingerprint density at radius 2 is 2.00 bits per heavy atom. The second kappa shape index (κ2) is 7.26. The molecule has 1 unspecified atom stereocenters. The maximum atomic E-state index is 6.05. The van der Waals surface area contributed by atoms with Crippen LogP contribution in [0.3, 0.4) is 0 Å². The highest BCUT2D eigenvalue weighted by Crippen LogP contribution is 2.31. The van der Waals surface area contributed by atoms with Crippen LogP contribution < -0.4 is 5.32 Å². The number of aryl methyl sites for hydroxylation is 1. The predicted octanol–water partition coefficient (Wildman–Crippen LogP) is 5.50. The summed E-state index contributed by atoms with van der Waals surface area (Å²) in [6, 6.07) is 14.8. The van der Waals surface area contributed by atoms with Gasteiger partial charge in [-0.25, -0.2) is 0 Å². The van der Waals surface area contributed by atoms with E-state index in [0.717, 1.165) is 22.5 Å². The summed E-state index contributed by atoms with van der Waals surface area (Å²) in [5.41, 5.74) is 3.77. The number of hydrogen-bond donors (Lipinski definition) is 1. The summed E-state index contributed by atoms with van der Waals surface area (Å²) in [4.78, 5) is 0. The van der Waals surface area contributed by atoms with E-state index in [9.17, 15) is 0 Å². The smallest absolute Gasteiger partial charge is 0.0587 e. The lowest BCUT2D eigenvalue weighted by atomic mass is 9.97. The minimum absolute atomic E-state index is 0.182. The third-order valence-electron chi connectivity index (χ3n) is 3.25. The Labute approximate surface area is 134 Å². The molecule has 0 heterocycles. The quantitative estimate of drug-likeness (QED) is 0.749. The van der Waals surface area contributed by atoms with E-state index in [4.69, 9.17) is 11.6 Å². The Balaban J connectivity index is 2.41. The molecule has 0 radical (unpaired) electrons. The van der Waals surface area contributed by atoms with E-state index in [-0.39, 0.29) is 6.04 Å². The lowest BCUT2D eigenvalue weighted by Crippen LogP contribution is -2.23. The fourth-order valence-corrected chi connectivity index (χ4v) is 3.19. The van der Waals surface area contributed by atoms with Gasteiger partial charge < -0.3 is 5.32 Å². The lowest BCUT2D eigenvalue weighted by molar-refractivity contribution is 0.596. The molecule has 0 aliphatic rings. The monoisotopic (exact) mass is 351 g/mol. The molecule has 0 amide bonds. The fourth-order valence-electron chi connectivity index (χ4n) is 2.28. The van der Waals surface area contributed by atoms with E-state index in [1.807, 2.05) is 12.1 Å². The van der Waals surface area contributed by atoms with Crippen molar-refractivity contribution < 1.29 is 0 Å². The Kier molecular flexibility index (Phi) is 5.64. The molecule has 0 spiro atoms. The summed E-state index contributed by atoms with van der Waals surface area (Å²) in [5.74, 6) is 0. The van der Waals surface area contributed by atoms with Crippen molar-refractivity contribution in [2.24, 2.45) is 0 Å². The van der Waals surface area contributed by atoms with Gasteiger partial charge >= 0.3 is 0 Å². The zero-order valence-corrected chi connectivity index (χ0v) is 14.1. The first-order valence-electron chi connectivity index (χ1n) is 6.86. The van der Waals surface area contributed by atoms with Gasteiger partial charge in [0.25, 0.3) is 0 Å². The molecule has 1 N–H and O–H groups in total. The number of benzene rings is 2. The molecule has 0 aromatic heterocycles. The zero-order chi connectivity index (χ0) is 14.5. The fraction of sp³-hybridized carbons (Fsp3) is 0.294. The van der Waals surface area contributed by atoms with Crippen LogP contribution in [0.25, 0.3) is 0 Å². The van der Waals surface area contributed by atoms with E-state index >= 15 is 0 Å². The molecular formula is C17H19BrClN. The standard InChI is InChI=1S/C17H19BrClN/c1-3-9-20-17(13-6-4-5-12(2)10-13)15-8-7-14(19)11-16(15)18/h4-8,10-11,17,20H,3,9H2,1-2H3. The molecule has 0 bridgehead atoms. The molecule has 2 rings (SSSR count). The number of rotatable bonds is 5. The highest BCUT2D eigenvalue weighted by molar-refractivity contribution is 9.10. The third-order valence-corrected chi connectivity index (χ3v) is 4.17. The average Bonchev–Trinajstić information content (AvgIpc) is 2.41. The average molecular weight is 353 g/mol. The molecule has 3 heteroatoms. The van der Waals surface area contributed by atoms with E-state index in [1.165, 1.54) is 16.7 Å². The Morgan fingerprint density at radius 1 is 1.20 bits per heavy atom. The van der Waals surface area contributed by atoms with Gasteiger partial charge in [0, 0.05) is 9.50 Å². The first-order chi connectivity index (χ1) is 9.61. The molecule has 1 nitrogen and oxygen atoms in total. The second-order valence-electron chi connectivity index (χ2n) is 4.97. The number of halogens is 2. The topological polar surface area (TPSA) is 12.0 Å². The minimum Gasteiger partial charge on any atom is -0.306 e. The van der Waals surface area contributed by atoms with Gasteiger partial charge in [-0.05, 0) is 43.1 Å². The van der Waals surface area contributed by atoms with Crippen LogP contribution in [0, 0.1) is 6.92 Å². The van der Waals surface area contributed by atoms with E-state index in [2.05, 4.69) is 65.4 Å². The summed E-state index contributed by atoms with van der Waals surface area (Å²) in [6.45, 7) is 5.28. The van der Waals surface area contributed by atoms with Gasteiger partial charge in [-0.1, -0.05) is 70.3 Å². The summed E-state index contributed by atoms with van der Waals surface area (Å²) in [6.07, 6.45) is 1.10. The van der Waals surface area contributed by atoms with Crippen molar-refractivity contribution in [2.45, 2.75) is 26.3 Å². The van der Waals surface area contributed by atoms with Crippen LogP contribution in [0.2, 0.25) is 5.02 Å². The van der Waals surface area contributed by atoms with Crippen molar-refractivity contribution in [3.63, 3.8) is 0 Å². The zero-order valence-electron chi connectivity index (χ0n) is 11.8. The molecule has 0 saturated carbocycles. The summed E-state index contributed by atoms with van der Waals surface area (Å²) in [7, 11) is 0. The molecule has 0 aliphatic carbocycles. The van der Waals surface area contributed by atoms with Crippen molar-refractivity contribution in [3.8, 4) is 0 Å². The van der Waals surface area contributed by atoms with Crippen molar-refractivity contribution in [1.29, 1.82) is 0 Å². The van der Waals surface area contributed by atoms with Gasteiger partial charge in [0.2, 0.25) is 0 Å². The van der Waals surface area contributed by atoms with Crippen molar-refractivity contribution in [2.75, 3.05) is 6.54 Å². The minimum atomic E-state index is 0.182. The molecular weight excluding hydrogens is 334 g/mol.